The summed E-state index contributed by atoms with van der Waals surface area (Å²) in [7, 11) is 3.22. The van der Waals surface area contributed by atoms with Crippen LogP contribution in [0.4, 0.5) is 0 Å². The molecule has 130 valence electrons. The number of methoxy groups -OCH3 is 2. The zero-order valence-corrected chi connectivity index (χ0v) is 14.6. The Labute approximate surface area is 143 Å². The summed E-state index contributed by atoms with van der Waals surface area (Å²) in [5.41, 5.74) is 2.36. The highest BCUT2D eigenvalue weighted by Crippen LogP contribution is 2.15. The summed E-state index contributed by atoms with van der Waals surface area (Å²) in [6.07, 6.45) is 1.00. The third-order valence-electron chi connectivity index (χ3n) is 3.82. The topological polar surface area (TPSA) is 51.9 Å². The van der Waals surface area contributed by atoms with Gasteiger partial charge in [0.1, 0.15) is 12.4 Å². The summed E-state index contributed by atoms with van der Waals surface area (Å²) < 4.78 is 15.7. The minimum Gasteiger partial charge on any atom is -0.453 e. The highest BCUT2D eigenvalue weighted by molar-refractivity contribution is 5.91. The van der Waals surface area contributed by atoms with E-state index < -0.39 is 0 Å². The van der Waals surface area contributed by atoms with Gasteiger partial charge in [0.15, 0.2) is 5.76 Å². The smallest absolute Gasteiger partial charge is 0.289 e. The molecule has 5 heteroatoms. The van der Waals surface area contributed by atoms with E-state index in [1.54, 1.807) is 31.3 Å². The second-order valence-electron chi connectivity index (χ2n) is 5.59. The highest BCUT2D eigenvalue weighted by atomic mass is 16.5. The van der Waals surface area contributed by atoms with Crippen LogP contribution < -0.4 is 0 Å². The van der Waals surface area contributed by atoms with Crippen molar-refractivity contribution in [2.75, 3.05) is 27.4 Å². The van der Waals surface area contributed by atoms with E-state index >= 15 is 0 Å². The summed E-state index contributed by atoms with van der Waals surface area (Å²) in [4.78, 5) is 14.5. The van der Waals surface area contributed by atoms with Gasteiger partial charge in [0.05, 0.1) is 6.61 Å². The van der Waals surface area contributed by atoms with E-state index in [4.69, 9.17) is 13.9 Å². The van der Waals surface area contributed by atoms with E-state index in [0.29, 0.717) is 37.8 Å². The average Bonchev–Trinajstić information content (AvgIpc) is 3.07. The van der Waals surface area contributed by atoms with Crippen molar-refractivity contribution in [2.24, 2.45) is 0 Å². The maximum Gasteiger partial charge on any atom is 0.289 e. The Bertz CT molecular complexity index is 633. The molecule has 2 aromatic rings. The Morgan fingerprint density at radius 3 is 2.38 bits per heavy atom. The van der Waals surface area contributed by atoms with Crippen LogP contribution in [0.2, 0.25) is 0 Å². The number of carbonyl (C=O) groups excluding carboxylic acids is 1. The molecule has 1 aromatic carbocycles. The molecule has 2 rings (SSSR count). The molecule has 1 aromatic heterocycles. The van der Waals surface area contributed by atoms with E-state index in [-0.39, 0.29) is 5.91 Å². The zero-order valence-electron chi connectivity index (χ0n) is 14.6. The molecule has 1 heterocycles. The van der Waals surface area contributed by atoms with E-state index in [0.717, 1.165) is 12.0 Å². The summed E-state index contributed by atoms with van der Waals surface area (Å²) in [5, 5.41) is 0. The molecule has 0 saturated carbocycles. The number of amides is 1. The van der Waals surface area contributed by atoms with Crippen molar-refractivity contribution in [1.82, 2.24) is 4.90 Å². The molecule has 0 spiro atoms. The fraction of sp³-hybridized carbons (Fsp3) is 0.421. The van der Waals surface area contributed by atoms with Gasteiger partial charge in [-0.1, -0.05) is 31.2 Å². The first kappa shape index (κ1) is 18.2. The molecule has 0 atom stereocenters. The van der Waals surface area contributed by atoms with E-state index in [9.17, 15) is 4.79 Å². The van der Waals surface area contributed by atoms with Gasteiger partial charge in [0.25, 0.3) is 5.91 Å². The van der Waals surface area contributed by atoms with Gasteiger partial charge in [0, 0.05) is 27.3 Å². The third kappa shape index (κ3) is 4.94. The Morgan fingerprint density at radius 1 is 1.04 bits per heavy atom. The first-order valence-electron chi connectivity index (χ1n) is 8.11. The summed E-state index contributed by atoms with van der Waals surface area (Å²) in [6, 6.07) is 11.8. The van der Waals surface area contributed by atoms with Gasteiger partial charge in [-0.3, -0.25) is 4.79 Å². The number of nitrogens with zero attached hydrogens (tertiary/aromatic N) is 1. The molecular formula is C19H25NO4. The van der Waals surface area contributed by atoms with E-state index in [2.05, 4.69) is 31.2 Å². The van der Waals surface area contributed by atoms with Crippen molar-refractivity contribution in [3.63, 3.8) is 0 Å². The Morgan fingerprint density at radius 2 is 1.75 bits per heavy atom. The van der Waals surface area contributed by atoms with Crippen LogP contribution in [0.15, 0.2) is 40.8 Å². The molecule has 1 amide bonds. The molecule has 0 fully saturated rings. The van der Waals surface area contributed by atoms with Crippen LogP contribution in [0.3, 0.4) is 0 Å². The maximum atomic E-state index is 12.7. The highest BCUT2D eigenvalue weighted by Gasteiger charge is 2.19. The minimum absolute atomic E-state index is 0.144. The van der Waals surface area contributed by atoms with Gasteiger partial charge < -0.3 is 18.8 Å². The molecule has 0 bridgehead atoms. The van der Waals surface area contributed by atoms with Crippen LogP contribution in [0.25, 0.3) is 0 Å². The van der Waals surface area contributed by atoms with Crippen LogP contribution >= 0.6 is 0 Å². The number of aryl methyl sites for hydroxylation is 1. The molecule has 0 aliphatic heterocycles. The number of hydrogen-bond donors (Lipinski definition) is 0. The molecule has 0 saturated heterocycles. The number of rotatable bonds is 9. The van der Waals surface area contributed by atoms with Gasteiger partial charge in [-0.2, -0.15) is 0 Å². The summed E-state index contributed by atoms with van der Waals surface area (Å²) in [5.74, 6) is 0.817. The lowest BCUT2D eigenvalue weighted by atomic mass is 10.1. The van der Waals surface area contributed by atoms with Gasteiger partial charge in [0.2, 0.25) is 0 Å². The molecular weight excluding hydrogens is 306 g/mol. The fourth-order valence-corrected chi connectivity index (χ4v) is 2.42. The lowest BCUT2D eigenvalue weighted by Gasteiger charge is -2.21. The monoisotopic (exact) mass is 331 g/mol. The van der Waals surface area contributed by atoms with Crippen LogP contribution in [0.5, 0.6) is 0 Å². The van der Waals surface area contributed by atoms with Crippen LogP contribution in [-0.4, -0.2) is 38.2 Å². The van der Waals surface area contributed by atoms with Gasteiger partial charge in [-0.15, -0.1) is 0 Å². The van der Waals surface area contributed by atoms with E-state index in [1.807, 2.05) is 0 Å². The summed E-state index contributed by atoms with van der Waals surface area (Å²) in [6.45, 7) is 3.98. The molecule has 0 aliphatic carbocycles. The zero-order chi connectivity index (χ0) is 17.4. The SMILES string of the molecule is CCc1ccc(CN(CCOC)C(=O)c2ccc(COC)o2)cc1. The number of ether oxygens (including phenoxy) is 2. The van der Waals surface area contributed by atoms with Crippen molar-refractivity contribution in [1.29, 1.82) is 0 Å². The minimum atomic E-state index is -0.144. The Balaban J connectivity index is 2.11. The predicted molar refractivity (Wildman–Crippen MR) is 91.9 cm³/mol. The Hall–Kier alpha value is -2.11. The quantitative estimate of drug-likeness (QED) is 0.707. The lowest BCUT2D eigenvalue weighted by molar-refractivity contribution is 0.0642. The molecule has 24 heavy (non-hydrogen) atoms. The van der Waals surface area contributed by atoms with Gasteiger partial charge in [-0.25, -0.2) is 0 Å². The van der Waals surface area contributed by atoms with Crippen molar-refractivity contribution in [3.05, 3.63) is 59.0 Å². The van der Waals surface area contributed by atoms with Crippen LogP contribution in [-0.2, 0) is 29.0 Å². The predicted octanol–water partition coefficient (Wildman–Crippen LogP) is 3.28. The Kier molecular flexibility index (Phi) is 7.03. The molecule has 0 aliphatic rings. The lowest BCUT2D eigenvalue weighted by Crippen LogP contribution is -2.33. The first-order chi connectivity index (χ1) is 11.7. The number of furan rings is 1. The number of benzene rings is 1. The molecule has 0 N–H and O–H groups in total. The second kappa shape index (κ2) is 9.25. The maximum absolute atomic E-state index is 12.7. The van der Waals surface area contributed by atoms with Crippen molar-refractivity contribution >= 4 is 5.91 Å². The van der Waals surface area contributed by atoms with E-state index in [1.165, 1.54) is 5.56 Å². The third-order valence-corrected chi connectivity index (χ3v) is 3.82. The molecule has 0 unspecified atom stereocenters. The van der Waals surface area contributed by atoms with Crippen LogP contribution in [0.1, 0.15) is 34.4 Å². The largest absolute Gasteiger partial charge is 0.453 e. The number of carbonyl (C=O) groups is 1. The molecule has 0 radical (unpaired) electrons. The second-order valence-corrected chi connectivity index (χ2v) is 5.59. The average molecular weight is 331 g/mol. The van der Waals surface area contributed by atoms with Gasteiger partial charge in [-0.05, 0) is 29.7 Å². The standard InChI is InChI=1S/C19H25NO4/c1-4-15-5-7-16(8-6-15)13-20(11-12-22-2)19(21)18-10-9-17(24-18)14-23-3/h5-10H,4,11-14H2,1-3H3. The van der Waals surface area contributed by atoms with Crippen molar-refractivity contribution in [2.45, 2.75) is 26.5 Å². The normalized spacial score (nSPS) is 10.8. The molecule has 5 nitrogen and oxygen atoms in total. The van der Waals surface area contributed by atoms with Crippen LogP contribution in [0, 0.1) is 0 Å². The van der Waals surface area contributed by atoms with Gasteiger partial charge >= 0.3 is 0 Å². The number of hydrogen-bond acceptors (Lipinski definition) is 4. The summed E-state index contributed by atoms with van der Waals surface area (Å²) >= 11 is 0. The fourth-order valence-electron chi connectivity index (χ4n) is 2.42. The van der Waals surface area contributed by atoms with Crippen molar-refractivity contribution in [3.8, 4) is 0 Å². The van der Waals surface area contributed by atoms with Crippen molar-refractivity contribution < 1.29 is 18.7 Å². The first-order valence-corrected chi connectivity index (χ1v) is 8.11.